The Hall–Kier alpha value is -1.42. The van der Waals surface area contributed by atoms with Crippen LogP contribution in [0.25, 0.3) is 0 Å². The highest BCUT2D eigenvalue weighted by molar-refractivity contribution is 5.64. The van der Waals surface area contributed by atoms with Crippen LogP contribution in [-0.2, 0) is 19.4 Å². The summed E-state index contributed by atoms with van der Waals surface area (Å²) < 4.78 is 17.0. The first-order valence-electron chi connectivity index (χ1n) is 6.47. The van der Waals surface area contributed by atoms with Gasteiger partial charge in [-0.1, -0.05) is 0 Å². The number of benzene rings is 1. The molecule has 0 bridgehead atoms. The van der Waals surface area contributed by atoms with Crippen LogP contribution < -0.4 is 14.2 Å². The summed E-state index contributed by atoms with van der Waals surface area (Å²) >= 11 is 0. The Morgan fingerprint density at radius 2 is 1.72 bits per heavy atom. The van der Waals surface area contributed by atoms with Crippen molar-refractivity contribution in [3.63, 3.8) is 0 Å². The second kappa shape index (κ2) is 4.69. The maximum absolute atomic E-state index is 9.64. The van der Waals surface area contributed by atoms with Crippen LogP contribution in [0, 0.1) is 0 Å². The van der Waals surface area contributed by atoms with Gasteiger partial charge in [0.05, 0.1) is 26.9 Å². The van der Waals surface area contributed by atoms with Gasteiger partial charge in [-0.2, -0.15) is 0 Å². The molecular weight excluding hydrogens is 232 g/mol. The van der Waals surface area contributed by atoms with Crippen LogP contribution in [-0.4, -0.2) is 25.4 Å². The Labute approximate surface area is 106 Å². The zero-order chi connectivity index (χ0) is 12.5. The first kappa shape index (κ1) is 11.7. The van der Waals surface area contributed by atoms with Gasteiger partial charge in [-0.15, -0.1) is 0 Å². The van der Waals surface area contributed by atoms with E-state index >= 15 is 0 Å². The van der Waals surface area contributed by atoms with Crippen LogP contribution in [0.2, 0.25) is 0 Å². The van der Waals surface area contributed by atoms with E-state index < -0.39 is 0 Å². The van der Waals surface area contributed by atoms with E-state index in [9.17, 15) is 5.11 Å². The predicted molar refractivity (Wildman–Crippen MR) is 66.5 cm³/mol. The molecule has 3 rings (SSSR count). The van der Waals surface area contributed by atoms with Crippen molar-refractivity contribution >= 4 is 0 Å². The summed E-state index contributed by atoms with van der Waals surface area (Å²) in [5, 5.41) is 9.64. The number of methoxy groups -OCH3 is 1. The minimum Gasteiger partial charge on any atom is -0.493 e. The Balaban J connectivity index is 2.26. The topological polar surface area (TPSA) is 47.9 Å². The fraction of sp³-hybridized carbons (Fsp3) is 0.571. The quantitative estimate of drug-likeness (QED) is 0.870. The van der Waals surface area contributed by atoms with Gasteiger partial charge in [0.15, 0.2) is 11.5 Å². The Morgan fingerprint density at radius 1 is 1.06 bits per heavy atom. The van der Waals surface area contributed by atoms with E-state index in [1.807, 2.05) is 0 Å². The largest absolute Gasteiger partial charge is 0.493 e. The van der Waals surface area contributed by atoms with Gasteiger partial charge in [0.1, 0.15) is 5.75 Å². The molecule has 4 nitrogen and oxygen atoms in total. The third-order valence-electron chi connectivity index (χ3n) is 3.66. The monoisotopic (exact) mass is 250 g/mol. The van der Waals surface area contributed by atoms with Gasteiger partial charge in [0.2, 0.25) is 0 Å². The van der Waals surface area contributed by atoms with Gasteiger partial charge in [-0.05, 0) is 25.7 Å². The van der Waals surface area contributed by atoms with Crippen LogP contribution in [0.3, 0.4) is 0 Å². The zero-order valence-corrected chi connectivity index (χ0v) is 10.6. The van der Waals surface area contributed by atoms with Crippen LogP contribution in [0.1, 0.15) is 29.5 Å². The molecule has 0 fully saturated rings. The molecule has 0 saturated heterocycles. The molecule has 2 heterocycles. The van der Waals surface area contributed by atoms with Crippen molar-refractivity contribution in [2.24, 2.45) is 0 Å². The number of aliphatic hydroxyl groups is 1. The lowest BCUT2D eigenvalue weighted by Crippen LogP contribution is -2.18. The second-order valence-corrected chi connectivity index (χ2v) is 4.69. The fourth-order valence-corrected chi connectivity index (χ4v) is 2.88. The lowest BCUT2D eigenvalue weighted by Gasteiger charge is -2.29. The molecule has 98 valence electrons. The lowest BCUT2D eigenvalue weighted by molar-refractivity contribution is 0.231. The van der Waals surface area contributed by atoms with E-state index in [0.717, 1.165) is 59.6 Å². The van der Waals surface area contributed by atoms with Crippen molar-refractivity contribution in [2.75, 3.05) is 20.3 Å². The summed E-state index contributed by atoms with van der Waals surface area (Å²) in [6, 6.07) is 0. The van der Waals surface area contributed by atoms with E-state index in [1.165, 1.54) is 0 Å². The van der Waals surface area contributed by atoms with Gasteiger partial charge in [-0.25, -0.2) is 0 Å². The van der Waals surface area contributed by atoms with E-state index in [0.29, 0.717) is 13.2 Å². The molecule has 1 N–H and O–H groups in total. The molecule has 0 unspecified atom stereocenters. The molecule has 0 atom stereocenters. The highest BCUT2D eigenvalue weighted by atomic mass is 16.5. The van der Waals surface area contributed by atoms with Gasteiger partial charge >= 0.3 is 0 Å². The van der Waals surface area contributed by atoms with Gasteiger partial charge in [-0.3, -0.25) is 0 Å². The SMILES string of the molecule is COc1c2c(c(CO)c3c1OCCC3)OCCC2. The standard InChI is InChI=1S/C14H18O4/c1-16-13-10-5-3-6-17-12(10)11(8-15)9-4-2-7-18-14(9)13/h15H,2-8H2,1H3. The number of hydrogen-bond donors (Lipinski definition) is 1. The second-order valence-electron chi connectivity index (χ2n) is 4.69. The van der Waals surface area contributed by atoms with Crippen molar-refractivity contribution in [1.29, 1.82) is 0 Å². The summed E-state index contributed by atoms with van der Waals surface area (Å²) in [4.78, 5) is 0. The van der Waals surface area contributed by atoms with Crippen molar-refractivity contribution in [3.8, 4) is 17.2 Å². The highest BCUT2D eigenvalue weighted by Crippen LogP contribution is 2.47. The van der Waals surface area contributed by atoms with E-state index in [1.54, 1.807) is 7.11 Å². The fourth-order valence-electron chi connectivity index (χ4n) is 2.88. The predicted octanol–water partition coefficient (Wildman–Crippen LogP) is 1.84. The smallest absolute Gasteiger partial charge is 0.167 e. The first-order valence-corrected chi connectivity index (χ1v) is 6.47. The van der Waals surface area contributed by atoms with E-state index in [4.69, 9.17) is 14.2 Å². The molecule has 0 amide bonds. The highest BCUT2D eigenvalue weighted by Gasteiger charge is 2.29. The van der Waals surface area contributed by atoms with Crippen LogP contribution >= 0.6 is 0 Å². The van der Waals surface area contributed by atoms with Crippen molar-refractivity contribution in [3.05, 3.63) is 16.7 Å². The van der Waals surface area contributed by atoms with Crippen molar-refractivity contribution in [2.45, 2.75) is 32.3 Å². The van der Waals surface area contributed by atoms with Crippen molar-refractivity contribution < 1.29 is 19.3 Å². The summed E-state index contributed by atoms with van der Waals surface area (Å²) in [6.07, 6.45) is 3.79. The summed E-state index contributed by atoms with van der Waals surface area (Å²) in [5.74, 6) is 2.44. The lowest BCUT2D eigenvalue weighted by atomic mass is 9.92. The number of aliphatic hydroxyl groups excluding tert-OH is 1. The molecule has 0 aromatic heterocycles. The van der Waals surface area contributed by atoms with Crippen LogP contribution in [0.4, 0.5) is 0 Å². The molecule has 0 saturated carbocycles. The third kappa shape index (κ3) is 1.63. The molecule has 2 aliphatic rings. The number of rotatable bonds is 2. The molecule has 2 aliphatic heterocycles. The summed E-state index contributed by atoms with van der Waals surface area (Å²) in [5.41, 5.74) is 3.00. The molecular formula is C14H18O4. The van der Waals surface area contributed by atoms with Gasteiger partial charge < -0.3 is 19.3 Å². The number of hydrogen-bond acceptors (Lipinski definition) is 4. The van der Waals surface area contributed by atoms with Gasteiger partial charge in [0, 0.05) is 16.7 Å². The third-order valence-corrected chi connectivity index (χ3v) is 3.66. The minimum absolute atomic E-state index is 0.00196. The average molecular weight is 250 g/mol. The Kier molecular flexibility index (Phi) is 3.04. The molecule has 0 aliphatic carbocycles. The summed E-state index contributed by atoms with van der Waals surface area (Å²) in [7, 11) is 1.67. The molecule has 0 spiro atoms. The number of fused-ring (bicyclic) bond motifs is 2. The van der Waals surface area contributed by atoms with Crippen LogP contribution in [0.15, 0.2) is 0 Å². The number of ether oxygens (including phenoxy) is 3. The maximum atomic E-state index is 9.64. The summed E-state index contributed by atoms with van der Waals surface area (Å²) in [6.45, 7) is 1.43. The maximum Gasteiger partial charge on any atom is 0.167 e. The van der Waals surface area contributed by atoms with E-state index in [2.05, 4.69) is 0 Å². The Morgan fingerprint density at radius 3 is 2.39 bits per heavy atom. The molecule has 0 radical (unpaired) electrons. The Bertz CT molecular complexity index is 361. The average Bonchev–Trinajstić information content (AvgIpc) is 2.44. The minimum atomic E-state index is -0.00196. The van der Waals surface area contributed by atoms with Crippen LogP contribution in [0.5, 0.6) is 17.2 Å². The zero-order valence-electron chi connectivity index (χ0n) is 10.6. The normalized spacial score (nSPS) is 17.2. The molecule has 4 heteroatoms. The first-order chi connectivity index (χ1) is 8.86. The van der Waals surface area contributed by atoms with E-state index in [-0.39, 0.29) is 6.61 Å². The van der Waals surface area contributed by atoms with Crippen molar-refractivity contribution in [1.82, 2.24) is 0 Å². The molecule has 1 aromatic rings. The molecule has 1 aromatic carbocycles. The van der Waals surface area contributed by atoms with Gasteiger partial charge in [0.25, 0.3) is 0 Å². The molecule has 18 heavy (non-hydrogen) atoms.